The summed E-state index contributed by atoms with van der Waals surface area (Å²) in [5.74, 6) is -0.0807. The Labute approximate surface area is 200 Å². The van der Waals surface area contributed by atoms with E-state index in [1.165, 1.54) is 12.7 Å². The lowest BCUT2D eigenvalue weighted by Gasteiger charge is -2.62. The number of methoxy groups -OCH3 is 1. The van der Waals surface area contributed by atoms with Crippen LogP contribution in [-0.4, -0.2) is 61.0 Å². The molecule has 2 aromatic rings. The van der Waals surface area contributed by atoms with Crippen molar-refractivity contribution in [2.45, 2.75) is 38.8 Å². The number of piperidine rings is 1. The summed E-state index contributed by atoms with van der Waals surface area (Å²) in [4.78, 5) is 29.2. The van der Waals surface area contributed by atoms with E-state index < -0.39 is 0 Å². The molecule has 176 valence electrons. The van der Waals surface area contributed by atoms with E-state index in [2.05, 4.69) is 36.2 Å². The van der Waals surface area contributed by atoms with E-state index in [1.807, 2.05) is 17.0 Å². The number of halogens is 1. The van der Waals surface area contributed by atoms with E-state index >= 15 is 0 Å². The molecule has 33 heavy (non-hydrogen) atoms. The predicted molar refractivity (Wildman–Crippen MR) is 131 cm³/mol. The van der Waals surface area contributed by atoms with Crippen molar-refractivity contribution in [3.63, 3.8) is 0 Å². The maximum Gasteiger partial charge on any atom is 0.321 e. The van der Waals surface area contributed by atoms with E-state index in [-0.39, 0.29) is 23.8 Å². The van der Waals surface area contributed by atoms with Gasteiger partial charge in [0.15, 0.2) is 5.78 Å². The highest BCUT2D eigenvalue weighted by Gasteiger charge is 2.54. The van der Waals surface area contributed by atoms with Crippen LogP contribution in [0.1, 0.15) is 48.7 Å². The van der Waals surface area contributed by atoms with Crippen LogP contribution in [0, 0.1) is 5.41 Å². The number of hydrogen-bond acceptors (Lipinski definition) is 4. The van der Waals surface area contributed by atoms with Crippen molar-refractivity contribution in [3.05, 3.63) is 64.7 Å². The van der Waals surface area contributed by atoms with E-state index in [9.17, 15) is 9.59 Å². The average molecular weight is 470 g/mol. The fourth-order valence-electron chi connectivity index (χ4n) is 5.19. The number of rotatable bonds is 6. The van der Waals surface area contributed by atoms with Gasteiger partial charge in [-0.3, -0.25) is 9.69 Å². The van der Waals surface area contributed by atoms with Crippen LogP contribution >= 0.6 is 11.6 Å². The molecule has 0 saturated carbocycles. The van der Waals surface area contributed by atoms with Gasteiger partial charge in [0, 0.05) is 60.5 Å². The zero-order valence-electron chi connectivity index (χ0n) is 19.5. The van der Waals surface area contributed by atoms with Gasteiger partial charge in [-0.15, -0.1) is 0 Å². The molecule has 4 rings (SSSR count). The maximum atomic E-state index is 12.9. The fourth-order valence-corrected chi connectivity index (χ4v) is 5.32. The van der Waals surface area contributed by atoms with Gasteiger partial charge in [-0.1, -0.05) is 23.7 Å². The van der Waals surface area contributed by atoms with Crippen LogP contribution in [0.15, 0.2) is 48.5 Å². The molecule has 0 aliphatic carbocycles. The Balaban J connectivity index is 1.38. The third kappa shape index (κ3) is 4.93. The van der Waals surface area contributed by atoms with Crippen molar-refractivity contribution >= 4 is 29.1 Å². The van der Waals surface area contributed by atoms with Crippen LogP contribution in [0.5, 0.6) is 0 Å². The molecular weight excluding hydrogens is 438 g/mol. The van der Waals surface area contributed by atoms with Gasteiger partial charge in [-0.05, 0) is 68.7 Å². The van der Waals surface area contributed by atoms with Crippen LogP contribution in [0.25, 0.3) is 0 Å². The molecule has 0 radical (unpaired) electrons. The summed E-state index contributed by atoms with van der Waals surface area (Å²) in [6.45, 7) is 7.05. The SMILES string of the molecule is COCC(=O)c1ccc(NC(=O)N2CCC3(CC2)CN(C(C)C)C3c2ccc(Cl)cc2)cc1. The molecule has 1 spiro atoms. The number of anilines is 1. The molecule has 1 unspecified atom stereocenters. The van der Waals surface area contributed by atoms with Crippen molar-refractivity contribution in [2.24, 2.45) is 5.41 Å². The van der Waals surface area contributed by atoms with Gasteiger partial charge in [0.25, 0.3) is 0 Å². The van der Waals surface area contributed by atoms with Crippen molar-refractivity contribution in [2.75, 3.05) is 38.7 Å². The highest BCUT2D eigenvalue weighted by molar-refractivity contribution is 6.30. The Morgan fingerprint density at radius 3 is 2.30 bits per heavy atom. The number of nitrogens with one attached hydrogen (secondary N) is 1. The van der Waals surface area contributed by atoms with E-state index in [0.29, 0.717) is 23.3 Å². The number of carbonyl (C=O) groups excluding carboxylic acids is 2. The first kappa shape index (κ1) is 23.7. The van der Waals surface area contributed by atoms with Gasteiger partial charge in [0.2, 0.25) is 0 Å². The molecule has 6 nitrogen and oxygen atoms in total. The molecule has 1 atom stereocenters. The number of likely N-dealkylation sites (tertiary alicyclic amines) is 2. The number of benzene rings is 2. The fraction of sp³-hybridized carbons (Fsp3) is 0.462. The topological polar surface area (TPSA) is 61.9 Å². The largest absolute Gasteiger partial charge is 0.377 e. The third-order valence-corrected chi connectivity index (χ3v) is 7.29. The van der Waals surface area contributed by atoms with Crippen LogP contribution in [0.3, 0.4) is 0 Å². The third-order valence-electron chi connectivity index (χ3n) is 7.04. The van der Waals surface area contributed by atoms with Crippen LogP contribution in [0.4, 0.5) is 10.5 Å². The Hall–Kier alpha value is -2.41. The zero-order chi connectivity index (χ0) is 23.6. The number of urea groups is 1. The summed E-state index contributed by atoms with van der Waals surface area (Å²) in [6.07, 6.45) is 1.95. The predicted octanol–water partition coefficient (Wildman–Crippen LogP) is 5.25. The molecule has 7 heteroatoms. The van der Waals surface area contributed by atoms with Crippen LogP contribution in [0.2, 0.25) is 5.02 Å². The first-order valence-corrected chi connectivity index (χ1v) is 11.9. The summed E-state index contributed by atoms with van der Waals surface area (Å²) in [6, 6.07) is 15.9. The lowest BCUT2D eigenvalue weighted by molar-refractivity contribution is -0.123. The highest BCUT2D eigenvalue weighted by Crippen LogP contribution is 2.55. The second kappa shape index (κ2) is 9.84. The van der Waals surface area contributed by atoms with Crippen molar-refractivity contribution in [3.8, 4) is 0 Å². The Kier molecular flexibility index (Phi) is 7.07. The summed E-state index contributed by atoms with van der Waals surface area (Å²) in [5, 5.41) is 3.72. The van der Waals surface area contributed by atoms with E-state index in [1.54, 1.807) is 24.3 Å². The minimum atomic E-state index is -0.0936. The molecule has 2 amide bonds. The normalized spacial score (nSPS) is 20.0. The molecule has 2 saturated heterocycles. The number of carbonyl (C=O) groups is 2. The van der Waals surface area contributed by atoms with Gasteiger partial charge < -0.3 is 15.0 Å². The average Bonchev–Trinajstić information content (AvgIpc) is 2.80. The minimum Gasteiger partial charge on any atom is -0.377 e. The molecule has 2 heterocycles. The second-order valence-corrected chi connectivity index (χ2v) is 9.87. The summed E-state index contributed by atoms with van der Waals surface area (Å²) in [7, 11) is 1.50. The maximum absolute atomic E-state index is 12.9. The van der Waals surface area contributed by atoms with Gasteiger partial charge in [-0.25, -0.2) is 4.79 Å². The van der Waals surface area contributed by atoms with Gasteiger partial charge >= 0.3 is 6.03 Å². The molecule has 2 fully saturated rings. The number of nitrogens with zero attached hydrogens (tertiary/aromatic N) is 2. The standard InChI is InChI=1S/C26H32ClN3O3/c1-18(2)30-17-26(24(30)20-4-8-21(27)9-5-20)12-14-29(15-13-26)25(32)28-22-10-6-19(7-11-22)23(31)16-33-3/h4-11,18,24H,12-17H2,1-3H3,(H,28,32). The number of ketones is 1. The van der Waals surface area contributed by atoms with Crippen molar-refractivity contribution in [1.29, 1.82) is 0 Å². The van der Waals surface area contributed by atoms with E-state index in [4.69, 9.17) is 16.3 Å². The Morgan fingerprint density at radius 2 is 1.73 bits per heavy atom. The number of hydrogen-bond donors (Lipinski definition) is 1. The zero-order valence-corrected chi connectivity index (χ0v) is 20.3. The molecule has 2 aliphatic heterocycles. The van der Waals surface area contributed by atoms with Gasteiger partial charge in [-0.2, -0.15) is 0 Å². The molecule has 0 aromatic heterocycles. The van der Waals surface area contributed by atoms with Crippen LogP contribution < -0.4 is 5.32 Å². The molecule has 0 bridgehead atoms. The lowest BCUT2D eigenvalue weighted by Crippen LogP contribution is -2.64. The monoisotopic (exact) mass is 469 g/mol. The smallest absolute Gasteiger partial charge is 0.321 e. The highest BCUT2D eigenvalue weighted by atomic mass is 35.5. The van der Waals surface area contributed by atoms with Gasteiger partial charge in [0.1, 0.15) is 6.61 Å². The molecule has 2 aromatic carbocycles. The number of Topliss-reactive ketones (excluding diaryl/α,β-unsaturated/α-hetero) is 1. The van der Waals surface area contributed by atoms with Crippen molar-refractivity contribution in [1.82, 2.24) is 9.80 Å². The quantitative estimate of drug-likeness (QED) is 0.587. The van der Waals surface area contributed by atoms with Crippen LogP contribution in [-0.2, 0) is 4.74 Å². The first-order valence-electron chi connectivity index (χ1n) is 11.5. The first-order chi connectivity index (χ1) is 15.8. The Morgan fingerprint density at radius 1 is 1.09 bits per heavy atom. The number of ether oxygens (including phenoxy) is 1. The van der Waals surface area contributed by atoms with E-state index in [0.717, 1.165) is 37.5 Å². The minimum absolute atomic E-state index is 0.0481. The second-order valence-electron chi connectivity index (χ2n) is 9.43. The molecule has 1 N–H and O–H groups in total. The lowest BCUT2D eigenvalue weighted by atomic mass is 9.62. The van der Waals surface area contributed by atoms with Gasteiger partial charge in [0.05, 0.1) is 0 Å². The summed E-state index contributed by atoms with van der Waals surface area (Å²) < 4.78 is 4.89. The molecular formula is C26H32ClN3O3. The number of amides is 2. The van der Waals surface area contributed by atoms with Crippen molar-refractivity contribution < 1.29 is 14.3 Å². The summed E-state index contributed by atoms with van der Waals surface area (Å²) in [5.41, 5.74) is 2.75. The summed E-state index contributed by atoms with van der Waals surface area (Å²) >= 11 is 6.13. The molecule has 2 aliphatic rings. The Bertz CT molecular complexity index is 983.